The normalized spacial score (nSPS) is 23.4. The summed E-state index contributed by atoms with van der Waals surface area (Å²) in [5, 5.41) is 3.50. The zero-order chi connectivity index (χ0) is 16.1. The molecule has 1 aromatic heterocycles. The molecule has 1 aromatic rings. The largest absolute Gasteiger partial charge is 0.478 e. The van der Waals surface area contributed by atoms with Gasteiger partial charge < -0.3 is 15.0 Å². The molecule has 1 aliphatic carbocycles. The Bertz CT molecular complexity index is 538. The highest BCUT2D eigenvalue weighted by Gasteiger charge is 2.35. The number of fused-ring (bicyclic) bond motifs is 1. The van der Waals surface area contributed by atoms with Gasteiger partial charge >= 0.3 is 0 Å². The van der Waals surface area contributed by atoms with Crippen LogP contribution < -0.4 is 10.1 Å². The number of hydrogen-bond donors (Lipinski definition) is 1. The van der Waals surface area contributed by atoms with Gasteiger partial charge in [0.15, 0.2) is 5.96 Å². The van der Waals surface area contributed by atoms with Crippen LogP contribution in [-0.4, -0.2) is 42.6 Å². The maximum Gasteiger partial charge on any atom is 0.213 e. The highest BCUT2D eigenvalue weighted by Crippen LogP contribution is 2.35. The number of nitrogens with one attached hydrogen (secondary N) is 1. The molecule has 0 bridgehead atoms. The number of likely N-dealkylation sites (tertiary alicyclic amines) is 1. The van der Waals surface area contributed by atoms with E-state index < -0.39 is 0 Å². The van der Waals surface area contributed by atoms with Crippen molar-refractivity contribution in [3.8, 4) is 5.88 Å². The highest BCUT2D eigenvalue weighted by atomic mass is 127. The van der Waals surface area contributed by atoms with E-state index in [0.29, 0.717) is 12.5 Å². The van der Waals surface area contributed by atoms with Gasteiger partial charge in [0.25, 0.3) is 0 Å². The summed E-state index contributed by atoms with van der Waals surface area (Å²) in [6.07, 6.45) is 7.38. The van der Waals surface area contributed by atoms with Gasteiger partial charge in [0.2, 0.25) is 5.88 Å². The first-order chi connectivity index (χ1) is 11.3. The fraction of sp³-hybridized carbons (Fsp3) is 0.667. The zero-order valence-electron chi connectivity index (χ0n) is 14.7. The molecular formula is C18H29IN4O. The number of guanidine groups is 1. The predicted octanol–water partition coefficient (Wildman–Crippen LogP) is 3.30. The third-order valence-corrected chi connectivity index (χ3v) is 5.03. The molecule has 2 unspecified atom stereocenters. The number of pyridine rings is 1. The summed E-state index contributed by atoms with van der Waals surface area (Å²) in [4.78, 5) is 11.1. The second-order valence-electron chi connectivity index (χ2n) is 6.55. The van der Waals surface area contributed by atoms with Crippen LogP contribution in [-0.2, 0) is 6.54 Å². The van der Waals surface area contributed by atoms with Crippen molar-refractivity contribution in [3.63, 3.8) is 0 Å². The monoisotopic (exact) mass is 444 g/mol. The quantitative estimate of drug-likeness (QED) is 0.440. The molecule has 1 saturated carbocycles. The Morgan fingerprint density at radius 3 is 2.67 bits per heavy atom. The smallest absolute Gasteiger partial charge is 0.213 e. The summed E-state index contributed by atoms with van der Waals surface area (Å²) in [6, 6.07) is 4.01. The lowest BCUT2D eigenvalue weighted by molar-refractivity contribution is 0.299. The van der Waals surface area contributed by atoms with Gasteiger partial charge in [-0.25, -0.2) is 4.98 Å². The number of nitrogens with zero attached hydrogens (tertiary/aromatic N) is 3. The van der Waals surface area contributed by atoms with E-state index in [1.54, 1.807) is 6.20 Å². The average Bonchev–Trinajstić information content (AvgIpc) is 3.00. The number of halogens is 1. The summed E-state index contributed by atoms with van der Waals surface area (Å²) < 4.78 is 5.46. The predicted molar refractivity (Wildman–Crippen MR) is 108 cm³/mol. The van der Waals surface area contributed by atoms with E-state index in [2.05, 4.69) is 20.2 Å². The van der Waals surface area contributed by atoms with Gasteiger partial charge in [0.1, 0.15) is 0 Å². The van der Waals surface area contributed by atoms with Crippen molar-refractivity contribution in [3.05, 3.63) is 23.9 Å². The first-order valence-corrected chi connectivity index (χ1v) is 8.83. The molecule has 134 valence electrons. The van der Waals surface area contributed by atoms with Crippen molar-refractivity contribution < 1.29 is 4.74 Å². The van der Waals surface area contributed by atoms with Gasteiger partial charge in [0, 0.05) is 38.9 Å². The fourth-order valence-electron chi connectivity index (χ4n) is 3.88. The lowest BCUT2D eigenvalue weighted by Crippen LogP contribution is -2.39. The molecule has 1 aliphatic heterocycles. The Hall–Kier alpha value is -1.05. The van der Waals surface area contributed by atoms with Gasteiger partial charge in [-0.3, -0.25) is 4.99 Å². The molecule has 2 aliphatic rings. The van der Waals surface area contributed by atoms with E-state index >= 15 is 0 Å². The van der Waals surface area contributed by atoms with E-state index in [0.717, 1.165) is 37.4 Å². The topological polar surface area (TPSA) is 49.8 Å². The molecule has 6 heteroatoms. The summed E-state index contributed by atoms with van der Waals surface area (Å²) in [6.45, 7) is 5.68. The minimum Gasteiger partial charge on any atom is -0.478 e. The number of aliphatic imine (C=N–C) groups is 1. The second kappa shape index (κ2) is 9.44. The van der Waals surface area contributed by atoms with Gasteiger partial charge in [-0.2, -0.15) is 0 Å². The second-order valence-corrected chi connectivity index (χ2v) is 6.55. The van der Waals surface area contributed by atoms with Crippen molar-refractivity contribution in [1.82, 2.24) is 15.2 Å². The Balaban J connectivity index is 0.00000208. The molecule has 0 amide bonds. The number of hydrogen-bond acceptors (Lipinski definition) is 3. The Morgan fingerprint density at radius 2 is 2.04 bits per heavy atom. The van der Waals surface area contributed by atoms with Gasteiger partial charge in [-0.05, 0) is 43.2 Å². The molecule has 3 rings (SSSR count). The molecular weight excluding hydrogens is 415 g/mol. The molecule has 2 fully saturated rings. The van der Waals surface area contributed by atoms with Crippen LogP contribution in [0.25, 0.3) is 0 Å². The SMILES string of the molecule is CCOc1cc(CNC(=NC)N2CC3CCCCC3C2)ccn1.I. The van der Waals surface area contributed by atoms with Crippen LogP contribution in [0.15, 0.2) is 23.3 Å². The Labute approximate surface area is 162 Å². The van der Waals surface area contributed by atoms with E-state index in [9.17, 15) is 0 Å². The van der Waals surface area contributed by atoms with Crippen LogP contribution in [0, 0.1) is 11.8 Å². The Kier molecular flexibility index (Phi) is 7.58. The van der Waals surface area contributed by atoms with E-state index in [-0.39, 0.29) is 24.0 Å². The van der Waals surface area contributed by atoms with Crippen molar-refractivity contribution in [2.45, 2.75) is 39.2 Å². The van der Waals surface area contributed by atoms with Crippen LogP contribution in [0.4, 0.5) is 0 Å². The minimum atomic E-state index is 0. The lowest BCUT2D eigenvalue weighted by Gasteiger charge is -2.22. The molecule has 1 saturated heterocycles. The van der Waals surface area contributed by atoms with Crippen molar-refractivity contribution in [2.24, 2.45) is 16.8 Å². The fourth-order valence-corrected chi connectivity index (χ4v) is 3.88. The lowest BCUT2D eigenvalue weighted by atomic mass is 9.82. The van der Waals surface area contributed by atoms with Crippen molar-refractivity contribution in [2.75, 3.05) is 26.7 Å². The molecule has 1 N–H and O–H groups in total. The van der Waals surface area contributed by atoms with Crippen LogP contribution in [0.5, 0.6) is 5.88 Å². The maximum absolute atomic E-state index is 5.46. The summed E-state index contributed by atoms with van der Waals surface area (Å²) >= 11 is 0. The van der Waals surface area contributed by atoms with E-state index in [1.165, 1.54) is 31.2 Å². The van der Waals surface area contributed by atoms with Gasteiger partial charge in [-0.1, -0.05) is 12.8 Å². The van der Waals surface area contributed by atoms with Crippen LogP contribution in [0.3, 0.4) is 0 Å². The summed E-state index contributed by atoms with van der Waals surface area (Å²) in [7, 11) is 1.88. The summed E-state index contributed by atoms with van der Waals surface area (Å²) in [5.41, 5.74) is 1.17. The first-order valence-electron chi connectivity index (χ1n) is 8.83. The van der Waals surface area contributed by atoms with Crippen LogP contribution >= 0.6 is 24.0 Å². The molecule has 0 spiro atoms. The molecule has 24 heavy (non-hydrogen) atoms. The first kappa shape index (κ1) is 19.3. The van der Waals surface area contributed by atoms with Crippen molar-refractivity contribution in [1.29, 1.82) is 0 Å². The minimum absolute atomic E-state index is 0. The molecule has 0 radical (unpaired) electrons. The highest BCUT2D eigenvalue weighted by molar-refractivity contribution is 14.0. The average molecular weight is 444 g/mol. The standard InChI is InChI=1S/C18H28N4O.HI/c1-3-23-17-10-14(8-9-20-17)11-21-18(19-2)22-12-15-6-4-5-7-16(15)13-22;/h8-10,15-16H,3-7,11-13H2,1-2H3,(H,19,21);1H. The van der Waals surface area contributed by atoms with Crippen molar-refractivity contribution >= 4 is 29.9 Å². The number of rotatable bonds is 4. The molecule has 2 heterocycles. The van der Waals surface area contributed by atoms with E-state index in [4.69, 9.17) is 4.74 Å². The zero-order valence-corrected chi connectivity index (χ0v) is 17.0. The van der Waals surface area contributed by atoms with Crippen LogP contribution in [0.1, 0.15) is 38.2 Å². The maximum atomic E-state index is 5.46. The number of ether oxygens (including phenoxy) is 1. The molecule has 0 aromatic carbocycles. The third kappa shape index (κ3) is 4.74. The van der Waals surface area contributed by atoms with Gasteiger partial charge in [0.05, 0.1) is 6.61 Å². The number of aromatic nitrogens is 1. The summed E-state index contributed by atoms with van der Waals surface area (Å²) in [5.74, 6) is 3.45. The molecule has 5 nitrogen and oxygen atoms in total. The molecule has 2 atom stereocenters. The third-order valence-electron chi connectivity index (χ3n) is 5.03. The van der Waals surface area contributed by atoms with Gasteiger partial charge in [-0.15, -0.1) is 24.0 Å². The Morgan fingerprint density at radius 1 is 1.33 bits per heavy atom. The van der Waals surface area contributed by atoms with Crippen LogP contribution in [0.2, 0.25) is 0 Å². The van der Waals surface area contributed by atoms with E-state index in [1.807, 2.05) is 26.1 Å².